The first-order chi connectivity index (χ1) is 9.31. The highest BCUT2D eigenvalue weighted by atomic mass is 16.5. The predicted octanol–water partition coefficient (Wildman–Crippen LogP) is 2.16. The smallest absolute Gasteiger partial charge is 0.341 e. The Balaban J connectivity index is 1.99. The average Bonchev–Trinajstić information content (AvgIpc) is 3.04. The lowest BCUT2D eigenvalue weighted by molar-refractivity contribution is -0.139. The average molecular weight is 277 g/mol. The molecular formula is C15H19NO4. The molecule has 1 fully saturated rings. The molecule has 20 heavy (non-hydrogen) atoms. The summed E-state index contributed by atoms with van der Waals surface area (Å²) in [5, 5.41) is 8.53. The highest BCUT2D eigenvalue weighted by molar-refractivity contribution is 5.96. The van der Waals surface area contributed by atoms with E-state index in [-0.39, 0.29) is 23.8 Å². The van der Waals surface area contributed by atoms with Crippen LogP contribution in [0.4, 0.5) is 5.69 Å². The number of aliphatic carboxylic acids is 1. The van der Waals surface area contributed by atoms with Crippen LogP contribution >= 0.6 is 0 Å². The number of hydrogen-bond acceptors (Lipinski definition) is 3. The molecule has 1 aliphatic carbocycles. The van der Waals surface area contributed by atoms with E-state index in [1.165, 1.54) is 0 Å². The zero-order valence-electron chi connectivity index (χ0n) is 11.9. The Morgan fingerprint density at radius 2 is 1.90 bits per heavy atom. The molecule has 1 saturated carbocycles. The zero-order chi connectivity index (χ0) is 14.9. The molecule has 0 saturated heterocycles. The van der Waals surface area contributed by atoms with Crippen molar-refractivity contribution < 1.29 is 19.4 Å². The number of benzene rings is 1. The Bertz CT molecular complexity index is 521. The number of ether oxygens (including phenoxy) is 1. The van der Waals surface area contributed by atoms with Gasteiger partial charge in [0.1, 0.15) is 5.75 Å². The van der Waals surface area contributed by atoms with Gasteiger partial charge in [0, 0.05) is 18.7 Å². The first-order valence-corrected chi connectivity index (χ1v) is 6.53. The Morgan fingerprint density at radius 1 is 1.35 bits per heavy atom. The van der Waals surface area contributed by atoms with Gasteiger partial charge in [0.05, 0.1) is 0 Å². The van der Waals surface area contributed by atoms with Crippen LogP contribution in [0.5, 0.6) is 5.75 Å². The molecule has 2 rings (SSSR count). The number of carboxylic acids is 1. The fraction of sp³-hybridized carbons (Fsp3) is 0.467. The minimum absolute atomic E-state index is 0.0930. The quantitative estimate of drug-likeness (QED) is 0.895. The molecule has 0 aromatic heterocycles. The summed E-state index contributed by atoms with van der Waals surface area (Å²) in [6.07, 6.45) is 0.927. The summed E-state index contributed by atoms with van der Waals surface area (Å²) < 4.78 is 5.05. The lowest BCUT2D eigenvalue weighted by Crippen LogP contribution is -2.29. The second-order valence-corrected chi connectivity index (χ2v) is 5.82. The van der Waals surface area contributed by atoms with Gasteiger partial charge in [0.15, 0.2) is 6.61 Å². The van der Waals surface area contributed by atoms with Crippen LogP contribution < -0.4 is 9.64 Å². The minimum Gasteiger partial charge on any atom is -0.482 e. The standard InChI is InChI=1S/C15H19NO4/c1-15(2)8-12(15)14(19)16(3)10-4-6-11(7-5-10)20-9-13(17)18/h4-7,12H,8-9H2,1-3H3,(H,17,18). The SMILES string of the molecule is CN(C(=O)C1CC1(C)C)c1ccc(OCC(=O)O)cc1. The summed E-state index contributed by atoms with van der Waals surface area (Å²) >= 11 is 0. The summed E-state index contributed by atoms with van der Waals surface area (Å²) in [6, 6.07) is 6.84. The van der Waals surface area contributed by atoms with Gasteiger partial charge in [0.25, 0.3) is 0 Å². The van der Waals surface area contributed by atoms with Crippen molar-refractivity contribution in [2.75, 3.05) is 18.6 Å². The molecule has 5 heteroatoms. The molecule has 1 aliphatic rings. The molecule has 5 nitrogen and oxygen atoms in total. The third-order valence-corrected chi connectivity index (χ3v) is 3.73. The molecule has 0 spiro atoms. The highest BCUT2D eigenvalue weighted by Crippen LogP contribution is 2.52. The van der Waals surface area contributed by atoms with E-state index in [1.807, 2.05) is 0 Å². The van der Waals surface area contributed by atoms with Crippen LogP contribution in [-0.2, 0) is 9.59 Å². The maximum atomic E-state index is 12.2. The van der Waals surface area contributed by atoms with E-state index >= 15 is 0 Å². The van der Waals surface area contributed by atoms with Gasteiger partial charge in [0.2, 0.25) is 5.91 Å². The Hall–Kier alpha value is -2.04. The van der Waals surface area contributed by atoms with Crippen LogP contribution in [0, 0.1) is 11.3 Å². The van der Waals surface area contributed by atoms with Gasteiger partial charge in [-0.05, 0) is 36.1 Å². The van der Waals surface area contributed by atoms with Crippen LogP contribution in [0.15, 0.2) is 24.3 Å². The molecular weight excluding hydrogens is 258 g/mol. The van der Waals surface area contributed by atoms with Gasteiger partial charge in [-0.15, -0.1) is 0 Å². The summed E-state index contributed by atoms with van der Waals surface area (Å²) in [6.45, 7) is 3.81. The lowest BCUT2D eigenvalue weighted by atomic mass is 10.1. The number of carbonyl (C=O) groups excluding carboxylic acids is 1. The Labute approximate surface area is 118 Å². The second kappa shape index (κ2) is 5.15. The van der Waals surface area contributed by atoms with Crippen molar-refractivity contribution in [2.45, 2.75) is 20.3 Å². The van der Waals surface area contributed by atoms with Crippen LogP contribution in [0.3, 0.4) is 0 Å². The van der Waals surface area contributed by atoms with E-state index in [0.717, 1.165) is 12.1 Å². The third-order valence-electron chi connectivity index (χ3n) is 3.73. The van der Waals surface area contributed by atoms with Crippen molar-refractivity contribution in [3.63, 3.8) is 0 Å². The topological polar surface area (TPSA) is 66.8 Å². The maximum Gasteiger partial charge on any atom is 0.341 e. The first-order valence-electron chi connectivity index (χ1n) is 6.53. The molecule has 1 aromatic rings. The first kappa shape index (κ1) is 14.4. The molecule has 1 aromatic carbocycles. The van der Waals surface area contributed by atoms with Crippen LogP contribution in [0.25, 0.3) is 0 Å². The maximum absolute atomic E-state index is 12.2. The normalized spacial score (nSPS) is 19.2. The van der Waals surface area contributed by atoms with Crippen molar-refractivity contribution >= 4 is 17.6 Å². The number of nitrogens with zero attached hydrogens (tertiary/aromatic N) is 1. The minimum atomic E-state index is -1.02. The number of hydrogen-bond donors (Lipinski definition) is 1. The molecule has 1 unspecified atom stereocenters. The number of rotatable bonds is 5. The van der Waals surface area contributed by atoms with E-state index < -0.39 is 5.97 Å². The Morgan fingerprint density at radius 3 is 2.35 bits per heavy atom. The van der Waals surface area contributed by atoms with Gasteiger partial charge < -0.3 is 14.7 Å². The molecule has 0 aliphatic heterocycles. The number of carbonyl (C=O) groups is 2. The molecule has 0 bridgehead atoms. The van der Waals surface area contributed by atoms with E-state index in [1.54, 1.807) is 36.2 Å². The van der Waals surface area contributed by atoms with Crippen molar-refractivity contribution in [3.8, 4) is 5.75 Å². The largest absolute Gasteiger partial charge is 0.482 e. The summed E-state index contributed by atoms with van der Waals surface area (Å²) in [5.41, 5.74) is 0.885. The molecule has 1 atom stereocenters. The fourth-order valence-corrected chi connectivity index (χ4v) is 2.16. The molecule has 0 heterocycles. The van der Waals surface area contributed by atoms with Crippen molar-refractivity contribution in [3.05, 3.63) is 24.3 Å². The molecule has 1 N–H and O–H groups in total. The Kier molecular flexibility index (Phi) is 3.70. The van der Waals surface area contributed by atoms with Crippen molar-refractivity contribution in [2.24, 2.45) is 11.3 Å². The molecule has 0 radical (unpaired) electrons. The molecule has 108 valence electrons. The van der Waals surface area contributed by atoms with Crippen molar-refractivity contribution in [1.82, 2.24) is 0 Å². The fourth-order valence-electron chi connectivity index (χ4n) is 2.16. The number of carboxylic acid groups (broad SMARTS) is 1. The predicted molar refractivity (Wildman–Crippen MR) is 74.9 cm³/mol. The van der Waals surface area contributed by atoms with E-state index in [9.17, 15) is 9.59 Å². The third kappa shape index (κ3) is 3.10. The number of amides is 1. The van der Waals surface area contributed by atoms with Gasteiger partial charge in [-0.25, -0.2) is 4.79 Å². The lowest BCUT2D eigenvalue weighted by Gasteiger charge is -2.18. The van der Waals surface area contributed by atoms with Gasteiger partial charge >= 0.3 is 5.97 Å². The van der Waals surface area contributed by atoms with Gasteiger partial charge in [-0.1, -0.05) is 13.8 Å². The zero-order valence-corrected chi connectivity index (χ0v) is 11.9. The van der Waals surface area contributed by atoms with E-state index in [2.05, 4.69) is 13.8 Å². The van der Waals surface area contributed by atoms with Crippen LogP contribution in [0.1, 0.15) is 20.3 Å². The number of anilines is 1. The van der Waals surface area contributed by atoms with Gasteiger partial charge in [-0.2, -0.15) is 0 Å². The molecule has 1 amide bonds. The summed E-state index contributed by atoms with van der Waals surface area (Å²) in [4.78, 5) is 24.3. The highest BCUT2D eigenvalue weighted by Gasteiger charge is 2.51. The monoisotopic (exact) mass is 277 g/mol. The van der Waals surface area contributed by atoms with Crippen molar-refractivity contribution in [1.29, 1.82) is 0 Å². The van der Waals surface area contributed by atoms with E-state index in [0.29, 0.717) is 5.75 Å². The second-order valence-electron chi connectivity index (χ2n) is 5.82. The summed E-state index contributed by atoms with van der Waals surface area (Å²) in [7, 11) is 1.75. The van der Waals surface area contributed by atoms with E-state index in [4.69, 9.17) is 9.84 Å². The van der Waals surface area contributed by atoms with Crippen LogP contribution in [-0.4, -0.2) is 30.6 Å². The van der Waals surface area contributed by atoms with Crippen LogP contribution in [0.2, 0.25) is 0 Å². The summed E-state index contributed by atoms with van der Waals surface area (Å²) in [5.74, 6) is -0.328. The van der Waals surface area contributed by atoms with Gasteiger partial charge in [-0.3, -0.25) is 4.79 Å².